The van der Waals surface area contributed by atoms with Gasteiger partial charge in [0.05, 0.1) is 6.10 Å². The van der Waals surface area contributed by atoms with E-state index in [4.69, 9.17) is 8.61 Å². The van der Waals surface area contributed by atoms with Crippen molar-refractivity contribution in [2.75, 3.05) is 6.26 Å². The summed E-state index contributed by atoms with van der Waals surface area (Å²) in [5, 5.41) is 0.285. The van der Waals surface area contributed by atoms with Crippen LogP contribution in [-0.4, -0.2) is 25.4 Å². The Morgan fingerprint density at radius 1 is 1.00 bits per heavy atom. The molecule has 0 bridgehead atoms. The molecular weight excluding hydrogens is 440 g/mol. The zero-order chi connectivity index (χ0) is 24.4. The van der Waals surface area contributed by atoms with E-state index in [1.165, 1.54) is 38.5 Å². The predicted molar refractivity (Wildman–Crippen MR) is 147 cm³/mol. The molecule has 186 valence electrons. The van der Waals surface area contributed by atoms with Crippen molar-refractivity contribution in [2.45, 2.75) is 122 Å². The van der Waals surface area contributed by atoms with Gasteiger partial charge in [0.25, 0.3) is 0 Å². The highest BCUT2D eigenvalue weighted by Crippen LogP contribution is 2.62. The summed E-state index contributed by atoms with van der Waals surface area (Å²) in [6, 6.07) is 7.04. The summed E-state index contributed by atoms with van der Waals surface area (Å²) in [5.41, 5.74) is 3.54. The number of rotatable bonds is 4. The number of benzene rings is 1. The molecule has 4 rings (SSSR count). The molecule has 0 amide bonds. The highest BCUT2D eigenvalue weighted by atomic mass is 32.2. The summed E-state index contributed by atoms with van der Waals surface area (Å²) in [5.74, 6) is 3.44. The Hall–Kier alpha value is -0.453. The van der Waals surface area contributed by atoms with Crippen molar-refractivity contribution in [3.05, 3.63) is 29.3 Å². The average molecular weight is 490 g/mol. The van der Waals surface area contributed by atoms with Crippen LogP contribution in [0, 0.1) is 17.3 Å². The SMILES string of the molecule is C[S+](Oc1ccc2c(c1)CCC1C2CC[C@@]2(C)C1CC[C@@H]2O[Si](C)(C)C(C)(C)C)C(C)(C)C. The van der Waals surface area contributed by atoms with Crippen LogP contribution >= 0.6 is 0 Å². The van der Waals surface area contributed by atoms with Gasteiger partial charge in [-0.15, -0.1) is 0 Å². The highest BCUT2D eigenvalue weighted by molar-refractivity contribution is 7.93. The number of hydrogen-bond donors (Lipinski definition) is 0. The maximum absolute atomic E-state index is 7.09. The molecule has 2 nitrogen and oxygen atoms in total. The monoisotopic (exact) mass is 489 g/mol. The van der Waals surface area contributed by atoms with Crippen molar-refractivity contribution in [2.24, 2.45) is 17.3 Å². The minimum atomic E-state index is -1.74. The zero-order valence-electron chi connectivity index (χ0n) is 23.0. The second kappa shape index (κ2) is 8.59. The standard InChI is InChI=1S/C29H49O2SSi/c1-27(2,3)32(8)30-21-12-14-22-20(19-21)11-13-24-23(22)17-18-29(7)25(24)15-16-26(29)31-33(9,10)28(4,5)6/h12,14,19,23-26H,11,13,15-18H2,1-10H3/q+1/t23?,24?,25?,26-,29-,32?/m0/s1. The molecule has 3 aliphatic rings. The molecule has 4 unspecified atom stereocenters. The van der Waals surface area contributed by atoms with Gasteiger partial charge >= 0.3 is 0 Å². The van der Waals surface area contributed by atoms with Crippen molar-refractivity contribution < 1.29 is 8.61 Å². The van der Waals surface area contributed by atoms with Gasteiger partial charge in [-0.3, -0.25) is 4.18 Å². The third-order valence-electron chi connectivity index (χ3n) is 9.94. The molecule has 0 N–H and O–H groups in total. The Labute approximate surface area is 208 Å². The molecule has 2 saturated carbocycles. The maximum atomic E-state index is 7.09. The van der Waals surface area contributed by atoms with Gasteiger partial charge in [-0.1, -0.05) is 33.8 Å². The zero-order valence-corrected chi connectivity index (χ0v) is 24.8. The van der Waals surface area contributed by atoms with Crippen LogP contribution < -0.4 is 4.18 Å². The molecule has 0 radical (unpaired) electrons. The van der Waals surface area contributed by atoms with E-state index in [-0.39, 0.29) is 21.0 Å². The number of aryl methyl sites for hydroxylation is 1. The first-order chi connectivity index (χ1) is 15.1. The van der Waals surface area contributed by atoms with Gasteiger partial charge in [-0.05, 0) is 124 Å². The van der Waals surface area contributed by atoms with Crippen molar-refractivity contribution in [1.82, 2.24) is 0 Å². The normalized spacial score (nSPS) is 33.2. The third-order valence-corrected chi connectivity index (χ3v) is 16.6. The van der Waals surface area contributed by atoms with Gasteiger partial charge in [0, 0.05) is 0 Å². The summed E-state index contributed by atoms with van der Waals surface area (Å²) in [6.45, 7) is 21.4. The molecule has 0 aromatic heterocycles. The summed E-state index contributed by atoms with van der Waals surface area (Å²) < 4.78 is 13.6. The van der Waals surface area contributed by atoms with E-state index < -0.39 is 8.32 Å². The lowest BCUT2D eigenvalue weighted by Crippen LogP contribution is -2.50. The van der Waals surface area contributed by atoms with E-state index >= 15 is 0 Å². The topological polar surface area (TPSA) is 18.5 Å². The first kappa shape index (κ1) is 25.6. The molecule has 4 heteroatoms. The van der Waals surface area contributed by atoms with Crippen LogP contribution in [0.3, 0.4) is 0 Å². The lowest BCUT2D eigenvalue weighted by molar-refractivity contribution is -0.0164. The van der Waals surface area contributed by atoms with Crippen LogP contribution in [0.2, 0.25) is 18.1 Å². The minimum absolute atomic E-state index is 0.0861. The number of hydrogen-bond acceptors (Lipinski definition) is 2. The minimum Gasteiger partial charge on any atom is -0.413 e. The molecule has 0 spiro atoms. The summed E-state index contributed by atoms with van der Waals surface area (Å²) in [4.78, 5) is 0. The predicted octanol–water partition coefficient (Wildman–Crippen LogP) is 8.27. The maximum Gasteiger partial charge on any atom is 0.199 e. The highest BCUT2D eigenvalue weighted by Gasteiger charge is 2.57. The van der Waals surface area contributed by atoms with Crippen LogP contribution in [0.1, 0.15) is 97.6 Å². The Morgan fingerprint density at radius 3 is 2.33 bits per heavy atom. The molecular formula is C29H49O2SSi+. The Kier molecular flexibility index (Phi) is 6.67. The Morgan fingerprint density at radius 2 is 1.70 bits per heavy atom. The van der Waals surface area contributed by atoms with Gasteiger partial charge < -0.3 is 4.43 Å². The average Bonchev–Trinajstić information content (AvgIpc) is 3.02. The van der Waals surface area contributed by atoms with E-state index in [0.717, 1.165) is 23.5 Å². The van der Waals surface area contributed by atoms with Gasteiger partial charge in [0.15, 0.2) is 30.0 Å². The van der Waals surface area contributed by atoms with Crippen LogP contribution in [0.15, 0.2) is 18.2 Å². The fraction of sp³-hybridized carbons (Fsp3) is 0.793. The molecule has 0 saturated heterocycles. The summed E-state index contributed by atoms with van der Waals surface area (Å²) >= 11 is -0.0861. The van der Waals surface area contributed by atoms with E-state index in [2.05, 4.69) is 86.0 Å². The molecule has 1 aromatic carbocycles. The van der Waals surface area contributed by atoms with Crippen molar-refractivity contribution >= 4 is 19.5 Å². The molecule has 33 heavy (non-hydrogen) atoms. The van der Waals surface area contributed by atoms with Crippen LogP contribution in [0.4, 0.5) is 0 Å². The first-order valence-electron chi connectivity index (χ1n) is 13.3. The van der Waals surface area contributed by atoms with Gasteiger partial charge in [-0.2, -0.15) is 0 Å². The van der Waals surface area contributed by atoms with Gasteiger partial charge in [-0.25, -0.2) is 0 Å². The van der Waals surface area contributed by atoms with Crippen LogP contribution in [0.5, 0.6) is 5.75 Å². The summed E-state index contributed by atoms with van der Waals surface area (Å²) in [6.07, 6.45) is 10.5. The smallest absolute Gasteiger partial charge is 0.199 e. The third kappa shape index (κ3) is 4.70. The fourth-order valence-electron chi connectivity index (χ4n) is 6.56. The van der Waals surface area contributed by atoms with E-state index in [1.807, 2.05) is 0 Å². The molecule has 6 atom stereocenters. The van der Waals surface area contributed by atoms with E-state index in [0.29, 0.717) is 11.5 Å². The van der Waals surface area contributed by atoms with Crippen molar-refractivity contribution in [3.63, 3.8) is 0 Å². The molecule has 0 heterocycles. The lowest BCUT2D eigenvalue weighted by atomic mass is 9.55. The first-order valence-corrected chi connectivity index (χ1v) is 17.8. The fourth-order valence-corrected chi connectivity index (χ4v) is 8.65. The number of fused-ring (bicyclic) bond motifs is 5. The van der Waals surface area contributed by atoms with Crippen molar-refractivity contribution in [3.8, 4) is 5.75 Å². The molecule has 1 aromatic rings. The molecule has 3 aliphatic carbocycles. The van der Waals surface area contributed by atoms with Crippen LogP contribution in [-0.2, 0) is 22.0 Å². The van der Waals surface area contributed by atoms with Gasteiger partial charge in [0.2, 0.25) is 0 Å². The van der Waals surface area contributed by atoms with Crippen LogP contribution in [0.25, 0.3) is 0 Å². The van der Waals surface area contributed by atoms with E-state index in [9.17, 15) is 0 Å². The summed E-state index contributed by atoms with van der Waals surface area (Å²) in [7, 11) is -1.74. The molecule has 2 fully saturated rings. The second-order valence-corrected chi connectivity index (χ2v) is 21.0. The largest absolute Gasteiger partial charge is 0.413 e. The molecule has 0 aliphatic heterocycles. The van der Waals surface area contributed by atoms with E-state index in [1.54, 1.807) is 11.1 Å². The lowest BCUT2D eigenvalue weighted by Gasteiger charge is -2.52. The Balaban J connectivity index is 1.51. The quantitative estimate of drug-likeness (QED) is 0.313. The second-order valence-electron chi connectivity index (χ2n) is 13.9. The van der Waals surface area contributed by atoms with Crippen molar-refractivity contribution in [1.29, 1.82) is 0 Å². The Bertz CT molecular complexity index is 867. The van der Waals surface area contributed by atoms with Gasteiger partial charge in [0.1, 0.15) is 6.26 Å².